The summed E-state index contributed by atoms with van der Waals surface area (Å²) in [5, 5.41) is 3.63. The van der Waals surface area contributed by atoms with Crippen LogP contribution in [0.25, 0.3) is 0 Å². The maximum Gasteiger partial charge on any atom is 0.243 e. The van der Waals surface area contributed by atoms with Crippen molar-refractivity contribution in [3.8, 4) is 0 Å². The molecule has 1 atom stereocenters. The van der Waals surface area contributed by atoms with Crippen LogP contribution in [-0.4, -0.2) is 38.4 Å². The van der Waals surface area contributed by atoms with Crippen molar-refractivity contribution in [2.45, 2.75) is 24.3 Å². The van der Waals surface area contributed by atoms with Gasteiger partial charge in [0.1, 0.15) is 0 Å². The summed E-state index contributed by atoms with van der Waals surface area (Å²) < 4.78 is 26.6. The van der Waals surface area contributed by atoms with E-state index in [1.54, 1.807) is 22.5 Å². The van der Waals surface area contributed by atoms with Gasteiger partial charge in [0, 0.05) is 24.2 Å². The third-order valence-corrected chi connectivity index (χ3v) is 5.41. The molecular formula is C12H17ClN2O2S. The standard InChI is InChI=1S/C12H17ClN2O2S/c1-2-15(11-6-7-14-9-11)18(16,17)12-5-3-4-10(13)8-12/h3-5,8,11,14H,2,6-7,9H2,1H3. The minimum atomic E-state index is -3.45. The van der Waals surface area contributed by atoms with E-state index >= 15 is 0 Å². The molecule has 0 saturated carbocycles. The Labute approximate surface area is 113 Å². The van der Waals surface area contributed by atoms with Crippen LogP contribution in [0.3, 0.4) is 0 Å². The first kappa shape index (κ1) is 13.8. The molecule has 1 unspecified atom stereocenters. The molecule has 0 spiro atoms. The zero-order valence-corrected chi connectivity index (χ0v) is 11.8. The summed E-state index contributed by atoms with van der Waals surface area (Å²) in [7, 11) is -3.45. The second kappa shape index (κ2) is 5.57. The molecule has 1 aliphatic rings. The van der Waals surface area contributed by atoms with Gasteiger partial charge in [-0.25, -0.2) is 8.42 Å². The van der Waals surface area contributed by atoms with E-state index < -0.39 is 10.0 Å². The molecule has 0 radical (unpaired) electrons. The number of likely N-dealkylation sites (N-methyl/N-ethyl adjacent to an activating group) is 1. The molecule has 1 aliphatic heterocycles. The van der Waals surface area contributed by atoms with Gasteiger partial charge in [-0.2, -0.15) is 4.31 Å². The molecule has 4 nitrogen and oxygen atoms in total. The maximum absolute atomic E-state index is 12.5. The second-order valence-corrected chi connectivity index (χ2v) is 6.64. The van der Waals surface area contributed by atoms with Crippen molar-refractivity contribution < 1.29 is 8.42 Å². The molecule has 6 heteroatoms. The van der Waals surface area contributed by atoms with Gasteiger partial charge >= 0.3 is 0 Å². The molecule has 1 fully saturated rings. The fourth-order valence-corrected chi connectivity index (χ4v) is 4.24. The van der Waals surface area contributed by atoms with Gasteiger partial charge in [-0.15, -0.1) is 0 Å². The van der Waals surface area contributed by atoms with E-state index in [-0.39, 0.29) is 10.9 Å². The average molecular weight is 289 g/mol. The molecule has 1 aromatic carbocycles. The summed E-state index contributed by atoms with van der Waals surface area (Å²) in [4.78, 5) is 0.267. The summed E-state index contributed by atoms with van der Waals surface area (Å²) in [5.74, 6) is 0. The van der Waals surface area contributed by atoms with E-state index in [1.807, 2.05) is 6.92 Å². The van der Waals surface area contributed by atoms with Crippen LogP contribution < -0.4 is 5.32 Å². The van der Waals surface area contributed by atoms with Gasteiger partial charge in [-0.1, -0.05) is 24.6 Å². The number of hydrogen-bond acceptors (Lipinski definition) is 3. The molecule has 1 heterocycles. The van der Waals surface area contributed by atoms with E-state index in [9.17, 15) is 8.42 Å². The number of rotatable bonds is 4. The van der Waals surface area contributed by atoms with Crippen LogP contribution in [0.4, 0.5) is 0 Å². The summed E-state index contributed by atoms with van der Waals surface area (Å²) >= 11 is 5.86. The number of halogens is 1. The molecule has 100 valence electrons. The lowest BCUT2D eigenvalue weighted by molar-refractivity contribution is 0.349. The highest BCUT2D eigenvalue weighted by molar-refractivity contribution is 7.89. The van der Waals surface area contributed by atoms with Gasteiger partial charge in [0.05, 0.1) is 4.90 Å². The molecule has 0 amide bonds. The van der Waals surface area contributed by atoms with Crippen molar-refractivity contribution in [3.63, 3.8) is 0 Å². The van der Waals surface area contributed by atoms with Crippen molar-refractivity contribution in [3.05, 3.63) is 29.3 Å². The molecule has 0 aromatic heterocycles. The van der Waals surface area contributed by atoms with Gasteiger partial charge in [-0.3, -0.25) is 0 Å². The van der Waals surface area contributed by atoms with Crippen LogP contribution in [0, 0.1) is 0 Å². The fourth-order valence-electron chi connectivity index (χ4n) is 2.27. The first-order valence-corrected chi connectivity index (χ1v) is 7.85. The van der Waals surface area contributed by atoms with Gasteiger partial charge in [-0.05, 0) is 31.2 Å². The number of hydrogen-bond donors (Lipinski definition) is 1. The molecule has 1 aromatic rings. The van der Waals surface area contributed by atoms with Gasteiger partial charge < -0.3 is 5.32 Å². The molecule has 2 rings (SSSR count). The quantitative estimate of drug-likeness (QED) is 0.918. The van der Waals surface area contributed by atoms with Crippen molar-refractivity contribution in [2.75, 3.05) is 19.6 Å². The third kappa shape index (κ3) is 2.69. The van der Waals surface area contributed by atoms with E-state index in [0.29, 0.717) is 18.1 Å². The lowest BCUT2D eigenvalue weighted by Gasteiger charge is -2.26. The Morgan fingerprint density at radius 1 is 1.50 bits per heavy atom. The Morgan fingerprint density at radius 3 is 2.83 bits per heavy atom. The highest BCUT2D eigenvalue weighted by Crippen LogP contribution is 2.23. The Balaban J connectivity index is 2.33. The fraction of sp³-hybridized carbons (Fsp3) is 0.500. The minimum Gasteiger partial charge on any atom is -0.315 e. The molecule has 0 bridgehead atoms. The van der Waals surface area contributed by atoms with Crippen molar-refractivity contribution in [1.29, 1.82) is 0 Å². The first-order chi connectivity index (χ1) is 8.55. The molecule has 0 aliphatic carbocycles. The SMILES string of the molecule is CCN(C1CCNC1)S(=O)(=O)c1cccc(Cl)c1. The summed E-state index contributed by atoms with van der Waals surface area (Å²) in [6.07, 6.45) is 0.855. The van der Waals surface area contributed by atoms with Crippen molar-refractivity contribution >= 4 is 21.6 Å². The molecule has 18 heavy (non-hydrogen) atoms. The van der Waals surface area contributed by atoms with Crippen LogP contribution in [-0.2, 0) is 10.0 Å². The Hall–Kier alpha value is -0.620. The smallest absolute Gasteiger partial charge is 0.243 e. The van der Waals surface area contributed by atoms with Crippen molar-refractivity contribution in [1.82, 2.24) is 9.62 Å². The largest absolute Gasteiger partial charge is 0.315 e. The zero-order valence-electron chi connectivity index (χ0n) is 10.3. The molecule has 1 N–H and O–H groups in total. The van der Waals surface area contributed by atoms with Crippen molar-refractivity contribution in [2.24, 2.45) is 0 Å². The predicted molar refractivity (Wildman–Crippen MR) is 72.3 cm³/mol. The monoisotopic (exact) mass is 288 g/mol. The van der Waals surface area contributed by atoms with Gasteiger partial charge in [0.25, 0.3) is 0 Å². The maximum atomic E-state index is 12.5. The van der Waals surface area contributed by atoms with Crippen LogP contribution in [0.5, 0.6) is 0 Å². The normalized spacial score (nSPS) is 20.5. The van der Waals surface area contributed by atoms with E-state index in [0.717, 1.165) is 13.0 Å². The Bertz CT molecular complexity index is 513. The zero-order chi connectivity index (χ0) is 13.2. The minimum absolute atomic E-state index is 0.0407. The number of sulfonamides is 1. The second-order valence-electron chi connectivity index (χ2n) is 4.31. The third-order valence-electron chi connectivity index (χ3n) is 3.16. The highest BCUT2D eigenvalue weighted by atomic mass is 35.5. The number of nitrogens with one attached hydrogen (secondary N) is 1. The number of benzene rings is 1. The van der Waals surface area contributed by atoms with E-state index in [2.05, 4.69) is 5.32 Å². The molecule has 1 saturated heterocycles. The van der Waals surface area contributed by atoms with E-state index in [1.165, 1.54) is 6.07 Å². The van der Waals surface area contributed by atoms with Gasteiger partial charge in [0.2, 0.25) is 10.0 Å². The number of nitrogens with zero attached hydrogens (tertiary/aromatic N) is 1. The lowest BCUT2D eigenvalue weighted by Crippen LogP contribution is -2.41. The van der Waals surface area contributed by atoms with E-state index in [4.69, 9.17) is 11.6 Å². The van der Waals surface area contributed by atoms with Crippen LogP contribution in [0.15, 0.2) is 29.2 Å². The average Bonchev–Trinajstić information content (AvgIpc) is 2.83. The highest BCUT2D eigenvalue weighted by Gasteiger charge is 2.31. The molecular weight excluding hydrogens is 272 g/mol. The Morgan fingerprint density at radius 2 is 2.28 bits per heavy atom. The van der Waals surface area contributed by atoms with Gasteiger partial charge in [0.15, 0.2) is 0 Å². The topological polar surface area (TPSA) is 49.4 Å². The summed E-state index contributed by atoms with van der Waals surface area (Å²) in [5.41, 5.74) is 0. The Kier molecular flexibility index (Phi) is 4.27. The van der Waals surface area contributed by atoms with Crippen LogP contribution in [0.2, 0.25) is 5.02 Å². The predicted octanol–water partition coefficient (Wildman–Crippen LogP) is 1.71. The first-order valence-electron chi connectivity index (χ1n) is 6.04. The van der Waals surface area contributed by atoms with Crippen LogP contribution in [0.1, 0.15) is 13.3 Å². The summed E-state index contributed by atoms with van der Waals surface area (Å²) in [6, 6.07) is 6.47. The lowest BCUT2D eigenvalue weighted by atomic mass is 10.3. The van der Waals surface area contributed by atoms with Crippen LogP contribution >= 0.6 is 11.6 Å². The summed E-state index contributed by atoms with van der Waals surface area (Å²) in [6.45, 7) is 3.92.